The maximum absolute atomic E-state index is 12.6. The fourth-order valence-electron chi connectivity index (χ4n) is 3.39. The number of carbonyl (C=O) groups is 2. The van der Waals surface area contributed by atoms with Crippen molar-refractivity contribution >= 4 is 11.9 Å². The summed E-state index contributed by atoms with van der Waals surface area (Å²) in [6.45, 7) is 11.8. The molecule has 0 N–H and O–H groups in total. The molecule has 1 aliphatic carbocycles. The Morgan fingerprint density at radius 2 is 1.61 bits per heavy atom. The van der Waals surface area contributed by atoms with E-state index in [2.05, 4.69) is 6.92 Å². The maximum Gasteiger partial charge on any atom is 0.344 e. The van der Waals surface area contributed by atoms with Gasteiger partial charge in [-0.25, -0.2) is 4.79 Å². The van der Waals surface area contributed by atoms with E-state index in [-0.39, 0.29) is 23.6 Å². The zero-order chi connectivity index (χ0) is 17.7. The second-order valence-corrected chi connectivity index (χ2v) is 8.13. The lowest BCUT2D eigenvalue weighted by molar-refractivity contribution is -0.177. The van der Waals surface area contributed by atoms with Gasteiger partial charge in [0.15, 0.2) is 6.61 Å². The van der Waals surface area contributed by atoms with Gasteiger partial charge in [-0.2, -0.15) is 0 Å². The van der Waals surface area contributed by atoms with Gasteiger partial charge in [-0.3, -0.25) is 4.79 Å². The van der Waals surface area contributed by atoms with Gasteiger partial charge in [0.05, 0.1) is 5.41 Å². The Hall–Kier alpha value is -1.06. The summed E-state index contributed by atoms with van der Waals surface area (Å²) in [4.78, 5) is 24.7. The first-order valence-corrected chi connectivity index (χ1v) is 8.99. The Morgan fingerprint density at radius 3 is 2.04 bits per heavy atom. The molecule has 134 valence electrons. The van der Waals surface area contributed by atoms with Crippen molar-refractivity contribution in [2.24, 2.45) is 10.8 Å². The van der Waals surface area contributed by atoms with Crippen molar-refractivity contribution in [3.8, 4) is 0 Å². The second kappa shape index (κ2) is 7.67. The average molecular weight is 326 g/mol. The molecular formula is C19H34O4. The fraction of sp³-hybridized carbons (Fsp3) is 0.895. The largest absolute Gasteiger partial charge is 0.457 e. The van der Waals surface area contributed by atoms with Crippen LogP contribution in [0, 0.1) is 10.8 Å². The molecule has 0 heterocycles. The maximum atomic E-state index is 12.6. The van der Waals surface area contributed by atoms with Crippen molar-refractivity contribution in [2.45, 2.75) is 92.1 Å². The molecular weight excluding hydrogens is 292 g/mol. The summed E-state index contributed by atoms with van der Waals surface area (Å²) in [5.41, 5.74) is -1.15. The van der Waals surface area contributed by atoms with Crippen molar-refractivity contribution in [3.05, 3.63) is 0 Å². The van der Waals surface area contributed by atoms with Gasteiger partial charge < -0.3 is 9.47 Å². The summed E-state index contributed by atoms with van der Waals surface area (Å²) >= 11 is 0. The number of hydrogen-bond donors (Lipinski definition) is 0. The molecule has 0 amide bonds. The summed E-state index contributed by atoms with van der Waals surface area (Å²) in [5.74, 6) is -0.726. The topological polar surface area (TPSA) is 52.6 Å². The molecule has 0 aliphatic heterocycles. The normalized spacial score (nSPS) is 19.9. The van der Waals surface area contributed by atoms with Gasteiger partial charge in [0.2, 0.25) is 0 Å². The lowest BCUT2D eigenvalue weighted by Gasteiger charge is -2.39. The summed E-state index contributed by atoms with van der Waals surface area (Å²) < 4.78 is 11.0. The van der Waals surface area contributed by atoms with Crippen LogP contribution in [0.3, 0.4) is 0 Å². The van der Waals surface area contributed by atoms with Gasteiger partial charge in [-0.05, 0) is 50.9 Å². The minimum atomic E-state index is -0.599. The number of ether oxygens (including phenoxy) is 2. The first-order chi connectivity index (χ1) is 10.6. The van der Waals surface area contributed by atoms with Crippen molar-refractivity contribution in [2.75, 3.05) is 6.61 Å². The van der Waals surface area contributed by atoms with Gasteiger partial charge in [0.1, 0.15) is 5.60 Å². The van der Waals surface area contributed by atoms with Crippen LogP contribution in [0.25, 0.3) is 0 Å². The van der Waals surface area contributed by atoms with Crippen molar-refractivity contribution < 1.29 is 19.1 Å². The van der Waals surface area contributed by atoms with Gasteiger partial charge in [-0.15, -0.1) is 0 Å². The zero-order valence-electron chi connectivity index (χ0n) is 15.8. The molecule has 0 aromatic rings. The van der Waals surface area contributed by atoms with Crippen LogP contribution >= 0.6 is 0 Å². The molecule has 4 nitrogen and oxygen atoms in total. The lowest BCUT2D eigenvalue weighted by Crippen LogP contribution is -2.42. The van der Waals surface area contributed by atoms with Crippen LogP contribution in [0.1, 0.15) is 86.5 Å². The number of rotatable bonds is 7. The molecule has 0 spiro atoms. The molecule has 23 heavy (non-hydrogen) atoms. The van der Waals surface area contributed by atoms with Crippen LogP contribution in [0.15, 0.2) is 0 Å². The quantitative estimate of drug-likeness (QED) is 0.639. The molecule has 0 bridgehead atoms. The first kappa shape index (κ1) is 20.0. The van der Waals surface area contributed by atoms with E-state index in [9.17, 15) is 9.59 Å². The van der Waals surface area contributed by atoms with Gasteiger partial charge >= 0.3 is 11.9 Å². The molecule has 1 unspecified atom stereocenters. The highest BCUT2D eigenvalue weighted by atomic mass is 16.6. The molecule has 1 fully saturated rings. The third-order valence-corrected chi connectivity index (χ3v) is 5.67. The third-order valence-electron chi connectivity index (χ3n) is 5.67. The van der Waals surface area contributed by atoms with E-state index in [4.69, 9.17) is 9.47 Å². The third kappa shape index (κ3) is 4.71. The van der Waals surface area contributed by atoms with Crippen LogP contribution in [0.2, 0.25) is 0 Å². The molecule has 1 rings (SSSR count). The first-order valence-electron chi connectivity index (χ1n) is 8.99. The van der Waals surface area contributed by atoms with E-state index < -0.39 is 11.4 Å². The molecule has 0 aromatic carbocycles. The Kier molecular flexibility index (Phi) is 6.67. The van der Waals surface area contributed by atoms with Crippen LogP contribution in [-0.2, 0) is 19.1 Å². The molecule has 4 heteroatoms. The molecule has 1 aliphatic rings. The highest BCUT2D eigenvalue weighted by molar-refractivity contribution is 5.81. The number of esters is 2. The van der Waals surface area contributed by atoms with E-state index in [0.717, 1.165) is 44.9 Å². The molecule has 0 saturated heterocycles. The minimum absolute atomic E-state index is 0.222. The SMILES string of the molecule is CCCC(C)(C(=O)OCC(=O)OC1(CC)CCCC1)C(C)(C)C. The van der Waals surface area contributed by atoms with Crippen LogP contribution in [0.4, 0.5) is 0 Å². The number of carbonyl (C=O) groups excluding carboxylic acids is 2. The predicted octanol–water partition coefficient (Wildman–Crippen LogP) is 4.65. The highest BCUT2D eigenvalue weighted by Crippen LogP contribution is 2.43. The van der Waals surface area contributed by atoms with Crippen LogP contribution in [-0.4, -0.2) is 24.1 Å². The van der Waals surface area contributed by atoms with Gasteiger partial charge in [0, 0.05) is 0 Å². The monoisotopic (exact) mass is 326 g/mol. The summed E-state index contributed by atoms with van der Waals surface area (Å²) in [6, 6.07) is 0. The minimum Gasteiger partial charge on any atom is -0.457 e. The second-order valence-electron chi connectivity index (χ2n) is 8.13. The van der Waals surface area contributed by atoms with Crippen molar-refractivity contribution in [3.63, 3.8) is 0 Å². The Balaban J connectivity index is 2.62. The van der Waals surface area contributed by atoms with Crippen LogP contribution < -0.4 is 0 Å². The Morgan fingerprint density at radius 1 is 1.04 bits per heavy atom. The standard InChI is InChI=1S/C19H34O4/c1-7-11-18(6,17(3,4)5)16(21)22-14-15(20)23-19(8-2)12-9-10-13-19/h7-14H2,1-6H3. The summed E-state index contributed by atoms with van der Waals surface area (Å²) in [5, 5.41) is 0. The van der Waals surface area contributed by atoms with Crippen LogP contribution in [0.5, 0.6) is 0 Å². The average Bonchev–Trinajstić information content (AvgIpc) is 2.92. The number of hydrogen-bond acceptors (Lipinski definition) is 4. The van der Waals surface area contributed by atoms with E-state index in [0.29, 0.717) is 0 Å². The van der Waals surface area contributed by atoms with E-state index in [1.54, 1.807) is 0 Å². The summed E-state index contributed by atoms with van der Waals surface area (Å²) in [7, 11) is 0. The fourth-order valence-corrected chi connectivity index (χ4v) is 3.39. The summed E-state index contributed by atoms with van der Waals surface area (Å²) in [6.07, 6.45) is 6.48. The Bertz CT molecular complexity index is 416. The van der Waals surface area contributed by atoms with Gasteiger partial charge in [0.25, 0.3) is 0 Å². The molecule has 1 saturated carbocycles. The van der Waals surface area contributed by atoms with E-state index in [1.807, 2.05) is 34.6 Å². The molecule has 0 radical (unpaired) electrons. The predicted molar refractivity (Wildman–Crippen MR) is 91.0 cm³/mol. The van der Waals surface area contributed by atoms with Gasteiger partial charge in [-0.1, -0.05) is 41.0 Å². The smallest absolute Gasteiger partial charge is 0.344 e. The highest BCUT2D eigenvalue weighted by Gasteiger charge is 2.45. The molecule has 0 aromatic heterocycles. The van der Waals surface area contributed by atoms with E-state index >= 15 is 0 Å². The van der Waals surface area contributed by atoms with Crippen molar-refractivity contribution in [1.29, 1.82) is 0 Å². The van der Waals surface area contributed by atoms with Crippen molar-refractivity contribution in [1.82, 2.24) is 0 Å². The Labute approximate surface area is 141 Å². The van der Waals surface area contributed by atoms with E-state index in [1.165, 1.54) is 0 Å². The molecule has 1 atom stereocenters. The zero-order valence-corrected chi connectivity index (χ0v) is 15.8. The lowest BCUT2D eigenvalue weighted by atomic mass is 9.65.